The number of hydrogen-bond donors (Lipinski definition) is 1. The van der Waals surface area contributed by atoms with E-state index in [0.717, 1.165) is 12.1 Å². The number of ether oxygens (including phenoxy) is 1. The molecule has 0 amide bonds. The fraction of sp³-hybridized carbons (Fsp3) is 0.455. The van der Waals surface area contributed by atoms with Gasteiger partial charge in [0.15, 0.2) is 0 Å². The highest BCUT2D eigenvalue weighted by Gasteiger charge is 2.31. The lowest BCUT2D eigenvalue weighted by molar-refractivity contribution is -0.274. The molecule has 0 aliphatic rings. The predicted octanol–water partition coefficient (Wildman–Crippen LogP) is 3.93. The summed E-state index contributed by atoms with van der Waals surface area (Å²) < 4.78 is 75.6. The average Bonchev–Trinajstić information content (AvgIpc) is 2.23. The van der Waals surface area contributed by atoms with Crippen LogP contribution in [-0.2, 0) is 0 Å². The predicted molar refractivity (Wildman–Crippen MR) is 55.3 cm³/mol. The molecule has 1 atom stereocenters. The van der Waals surface area contributed by atoms with E-state index in [4.69, 9.17) is 5.73 Å². The molecule has 2 N–H and O–H groups in total. The van der Waals surface area contributed by atoms with Crippen molar-refractivity contribution in [3.63, 3.8) is 0 Å². The van der Waals surface area contributed by atoms with Crippen LogP contribution in [0.2, 0.25) is 0 Å². The van der Waals surface area contributed by atoms with E-state index in [9.17, 15) is 26.3 Å². The zero-order valence-corrected chi connectivity index (χ0v) is 9.55. The average molecular weight is 287 g/mol. The lowest BCUT2D eigenvalue weighted by atomic mass is 10.0. The normalized spacial score (nSPS) is 14.3. The Morgan fingerprint density at radius 2 is 1.74 bits per heavy atom. The number of rotatable bonds is 4. The summed E-state index contributed by atoms with van der Waals surface area (Å²) in [6.07, 6.45) is -10.7. The molecule has 0 fully saturated rings. The Balaban J connectivity index is 2.70. The first-order valence-corrected chi connectivity index (χ1v) is 5.25. The Bertz CT molecular complexity index is 414. The third-order valence-corrected chi connectivity index (χ3v) is 2.26. The standard InChI is InChI=1S/C11H11F6NO/c12-10(13,14)5-4-9(18)7-2-1-3-8(6-7)19-11(15,16)17/h1-3,6,9H,4-5,18H2. The molecule has 0 aromatic heterocycles. The highest BCUT2D eigenvalue weighted by atomic mass is 19.4. The summed E-state index contributed by atoms with van der Waals surface area (Å²) in [5, 5.41) is 0. The van der Waals surface area contributed by atoms with Gasteiger partial charge in [-0.2, -0.15) is 13.2 Å². The number of benzene rings is 1. The minimum atomic E-state index is -4.85. The molecule has 108 valence electrons. The molecular weight excluding hydrogens is 276 g/mol. The fourth-order valence-corrected chi connectivity index (χ4v) is 1.43. The number of hydrogen-bond acceptors (Lipinski definition) is 2. The van der Waals surface area contributed by atoms with Gasteiger partial charge in [0.25, 0.3) is 0 Å². The van der Waals surface area contributed by atoms with Crippen LogP contribution in [0.25, 0.3) is 0 Å². The van der Waals surface area contributed by atoms with E-state index in [-0.39, 0.29) is 5.56 Å². The second-order valence-electron chi connectivity index (χ2n) is 3.88. The molecule has 0 spiro atoms. The number of halogens is 6. The van der Waals surface area contributed by atoms with Crippen molar-refractivity contribution in [1.82, 2.24) is 0 Å². The summed E-state index contributed by atoms with van der Waals surface area (Å²) in [5.41, 5.74) is 5.66. The van der Waals surface area contributed by atoms with E-state index in [1.165, 1.54) is 12.1 Å². The smallest absolute Gasteiger partial charge is 0.406 e. The fourth-order valence-electron chi connectivity index (χ4n) is 1.43. The van der Waals surface area contributed by atoms with Crippen molar-refractivity contribution >= 4 is 0 Å². The Hall–Kier alpha value is -1.44. The third kappa shape index (κ3) is 6.32. The van der Waals surface area contributed by atoms with E-state index in [0.29, 0.717) is 0 Å². The van der Waals surface area contributed by atoms with Crippen molar-refractivity contribution in [2.75, 3.05) is 0 Å². The monoisotopic (exact) mass is 287 g/mol. The molecule has 19 heavy (non-hydrogen) atoms. The summed E-state index contributed by atoms with van der Waals surface area (Å²) in [7, 11) is 0. The third-order valence-electron chi connectivity index (χ3n) is 2.26. The Morgan fingerprint density at radius 1 is 1.11 bits per heavy atom. The van der Waals surface area contributed by atoms with Gasteiger partial charge in [-0.1, -0.05) is 12.1 Å². The van der Waals surface area contributed by atoms with Crippen molar-refractivity contribution in [2.45, 2.75) is 31.4 Å². The van der Waals surface area contributed by atoms with Crippen molar-refractivity contribution in [1.29, 1.82) is 0 Å². The summed E-state index contributed by atoms with van der Waals surface area (Å²) in [6.45, 7) is 0. The minimum Gasteiger partial charge on any atom is -0.406 e. The summed E-state index contributed by atoms with van der Waals surface area (Å²) in [6, 6.07) is 3.62. The molecule has 0 aliphatic heterocycles. The number of nitrogens with two attached hydrogens (primary N) is 1. The van der Waals surface area contributed by atoms with Crippen LogP contribution < -0.4 is 10.5 Å². The SMILES string of the molecule is NC(CCC(F)(F)F)c1cccc(OC(F)(F)F)c1. The van der Waals surface area contributed by atoms with Crippen LogP contribution in [-0.4, -0.2) is 12.5 Å². The van der Waals surface area contributed by atoms with Crippen LogP contribution in [0.1, 0.15) is 24.4 Å². The van der Waals surface area contributed by atoms with Gasteiger partial charge in [0.2, 0.25) is 0 Å². The first-order chi connectivity index (χ1) is 8.57. The molecule has 1 unspecified atom stereocenters. The van der Waals surface area contributed by atoms with E-state index >= 15 is 0 Å². The van der Waals surface area contributed by atoms with Crippen molar-refractivity contribution < 1.29 is 31.1 Å². The van der Waals surface area contributed by atoms with E-state index in [1.54, 1.807) is 0 Å². The summed E-state index contributed by atoms with van der Waals surface area (Å²) in [4.78, 5) is 0. The second kappa shape index (κ2) is 5.68. The molecule has 0 bridgehead atoms. The Morgan fingerprint density at radius 3 is 2.26 bits per heavy atom. The van der Waals surface area contributed by atoms with Gasteiger partial charge < -0.3 is 10.5 Å². The topological polar surface area (TPSA) is 35.2 Å². The molecule has 8 heteroatoms. The molecule has 0 saturated heterocycles. The first-order valence-electron chi connectivity index (χ1n) is 5.25. The highest BCUT2D eigenvalue weighted by Crippen LogP contribution is 2.29. The van der Waals surface area contributed by atoms with Crippen LogP contribution in [0.15, 0.2) is 24.3 Å². The summed E-state index contributed by atoms with van der Waals surface area (Å²) in [5.74, 6) is -0.507. The van der Waals surface area contributed by atoms with Gasteiger partial charge in [-0.05, 0) is 24.1 Å². The zero-order chi connectivity index (χ0) is 14.7. The molecule has 1 aromatic carbocycles. The van der Waals surface area contributed by atoms with Crippen molar-refractivity contribution in [3.05, 3.63) is 29.8 Å². The van der Waals surface area contributed by atoms with E-state index < -0.39 is 37.2 Å². The maximum atomic E-state index is 12.0. The highest BCUT2D eigenvalue weighted by molar-refractivity contribution is 5.30. The van der Waals surface area contributed by atoms with Crippen LogP contribution in [0.4, 0.5) is 26.3 Å². The van der Waals surface area contributed by atoms with Crippen LogP contribution in [0, 0.1) is 0 Å². The largest absolute Gasteiger partial charge is 0.573 e. The maximum Gasteiger partial charge on any atom is 0.573 e. The molecule has 1 rings (SSSR count). The van der Waals surface area contributed by atoms with Gasteiger partial charge in [0, 0.05) is 12.5 Å². The van der Waals surface area contributed by atoms with Gasteiger partial charge in [-0.3, -0.25) is 0 Å². The Kier molecular flexibility index (Phi) is 4.67. The van der Waals surface area contributed by atoms with Gasteiger partial charge in [0.05, 0.1) is 0 Å². The molecule has 2 nitrogen and oxygen atoms in total. The molecule has 0 saturated carbocycles. The summed E-state index contributed by atoms with van der Waals surface area (Å²) >= 11 is 0. The van der Waals surface area contributed by atoms with Crippen LogP contribution >= 0.6 is 0 Å². The van der Waals surface area contributed by atoms with Gasteiger partial charge >= 0.3 is 12.5 Å². The first kappa shape index (κ1) is 15.6. The molecular formula is C11H11F6NO. The van der Waals surface area contributed by atoms with Crippen LogP contribution in [0.5, 0.6) is 5.75 Å². The van der Waals surface area contributed by atoms with Crippen molar-refractivity contribution in [2.24, 2.45) is 5.73 Å². The lowest BCUT2D eigenvalue weighted by Gasteiger charge is -2.15. The lowest BCUT2D eigenvalue weighted by Crippen LogP contribution is -2.18. The van der Waals surface area contributed by atoms with Crippen molar-refractivity contribution in [3.8, 4) is 5.75 Å². The van der Waals surface area contributed by atoms with Gasteiger partial charge in [0.1, 0.15) is 5.75 Å². The molecule has 0 heterocycles. The molecule has 0 radical (unpaired) electrons. The maximum absolute atomic E-state index is 12.0. The van der Waals surface area contributed by atoms with E-state index in [2.05, 4.69) is 4.74 Å². The van der Waals surface area contributed by atoms with Gasteiger partial charge in [-0.25, -0.2) is 0 Å². The molecule has 1 aromatic rings. The molecule has 0 aliphatic carbocycles. The zero-order valence-electron chi connectivity index (χ0n) is 9.55. The van der Waals surface area contributed by atoms with Gasteiger partial charge in [-0.15, -0.1) is 13.2 Å². The Labute approximate surface area is 105 Å². The quantitative estimate of drug-likeness (QED) is 0.852. The number of alkyl halides is 6. The van der Waals surface area contributed by atoms with Crippen LogP contribution in [0.3, 0.4) is 0 Å². The van der Waals surface area contributed by atoms with E-state index in [1.807, 2.05) is 0 Å². The minimum absolute atomic E-state index is 0.158. The second-order valence-corrected chi connectivity index (χ2v) is 3.88.